The Kier molecular flexibility index (Phi) is 7.10. The van der Waals surface area contributed by atoms with Gasteiger partial charge in [0.15, 0.2) is 0 Å². The summed E-state index contributed by atoms with van der Waals surface area (Å²) in [6.07, 6.45) is 2.29. The first-order valence-corrected chi connectivity index (χ1v) is 5.87. The average Bonchev–Trinajstić information content (AvgIpc) is 2.23. The van der Waals surface area contributed by atoms with Gasteiger partial charge in [0.2, 0.25) is 0 Å². The molecular formula is C11H22BNO4. The Morgan fingerprint density at radius 1 is 1.41 bits per heavy atom. The van der Waals surface area contributed by atoms with Crippen LogP contribution in [0, 0.1) is 0 Å². The van der Waals surface area contributed by atoms with Crippen LogP contribution in [-0.2, 0) is 4.79 Å². The molecule has 0 amide bonds. The molecule has 0 fully saturated rings. The lowest BCUT2D eigenvalue weighted by atomic mass is 9.80. The van der Waals surface area contributed by atoms with Crippen LogP contribution in [0.4, 0.5) is 0 Å². The van der Waals surface area contributed by atoms with Gasteiger partial charge in [-0.15, -0.1) is 0 Å². The molecule has 5 nitrogen and oxygen atoms in total. The number of aliphatic hydroxyl groups is 1. The minimum absolute atomic E-state index is 0.0232. The molecule has 5 N–H and O–H groups in total. The highest BCUT2D eigenvalue weighted by atomic mass is 16.4. The third-order valence-electron chi connectivity index (χ3n) is 2.82. The fourth-order valence-electron chi connectivity index (χ4n) is 1.58. The van der Waals surface area contributed by atoms with E-state index in [-0.39, 0.29) is 24.3 Å². The van der Waals surface area contributed by atoms with Crippen molar-refractivity contribution >= 4 is 12.9 Å². The van der Waals surface area contributed by atoms with Crippen LogP contribution in [0.1, 0.15) is 39.0 Å². The van der Waals surface area contributed by atoms with Crippen molar-refractivity contribution in [1.29, 1.82) is 0 Å². The molecular weight excluding hydrogens is 221 g/mol. The zero-order valence-electron chi connectivity index (χ0n) is 10.4. The van der Waals surface area contributed by atoms with Crippen LogP contribution in [0.25, 0.3) is 0 Å². The van der Waals surface area contributed by atoms with Gasteiger partial charge in [-0.3, -0.25) is 4.79 Å². The van der Waals surface area contributed by atoms with Gasteiger partial charge in [0.25, 0.3) is 0 Å². The van der Waals surface area contributed by atoms with E-state index in [1.807, 2.05) is 0 Å². The Morgan fingerprint density at radius 2 is 2.00 bits per heavy atom. The van der Waals surface area contributed by atoms with Gasteiger partial charge in [-0.25, -0.2) is 0 Å². The van der Waals surface area contributed by atoms with Crippen LogP contribution in [0.15, 0.2) is 12.3 Å². The van der Waals surface area contributed by atoms with Gasteiger partial charge in [0.05, 0.1) is 5.54 Å². The average molecular weight is 243 g/mol. The second-order valence-electron chi connectivity index (χ2n) is 4.40. The molecule has 1 atom stereocenters. The number of aliphatic hydroxyl groups excluding tert-OH is 1. The van der Waals surface area contributed by atoms with Crippen LogP contribution in [0.2, 0.25) is 6.32 Å². The summed E-state index contributed by atoms with van der Waals surface area (Å²) < 4.78 is 0. The van der Waals surface area contributed by atoms with Crippen molar-refractivity contribution in [2.24, 2.45) is 5.73 Å². The largest absolute Gasteiger partial charge is 0.511 e. The molecule has 0 heterocycles. The summed E-state index contributed by atoms with van der Waals surface area (Å²) in [5.41, 5.74) is 4.85. The minimum atomic E-state index is -1.32. The van der Waals surface area contributed by atoms with Crippen molar-refractivity contribution in [2.75, 3.05) is 0 Å². The molecule has 0 aromatic rings. The number of carbonyl (C=O) groups is 1. The van der Waals surface area contributed by atoms with E-state index in [2.05, 4.69) is 6.58 Å². The zero-order valence-corrected chi connectivity index (χ0v) is 10.4. The predicted molar refractivity (Wildman–Crippen MR) is 67.5 cm³/mol. The first-order chi connectivity index (χ1) is 7.81. The van der Waals surface area contributed by atoms with Gasteiger partial charge in [-0.05, 0) is 12.7 Å². The van der Waals surface area contributed by atoms with Crippen molar-refractivity contribution in [2.45, 2.75) is 50.9 Å². The molecule has 0 rings (SSSR count). The lowest BCUT2D eigenvalue weighted by Crippen LogP contribution is -2.43. The monoisotopic (exact) mass is 243 g/mol. The summed E-state index contributed by atoms with van der Waals surface area (Å²) >= 11 is 0. The molecule has 0 aliphatic heterocycles. The molecule has 0 aromatic heterocycles. The fraction of sp³-hybridized carbons (Fsp3) is 0.727. The van der Waals surface area contributed by atoms with E-state index in [0.29, 0.717) is 25.7 Å². The molecule has 0 bridgehead atoms. The number of unbranched alkanes of at least 4 members (excludes halogenated alkanes) is 1. The topological polar surface area (TPSA) is 104 Å². The van der Waals surface area contributed by atoms with E-state index in [9.17, 15) is 9.90 Å². The molecule has 0 aromatic carbocycles. The Hall–Kier alpha value is -0.845. The quantitative estimate of drug-likeness (QED) is 0.272. The molecule has 0 aliphatic rings. The summed E-state index contributed by atoms with van der Waals surface area (Å²) in [4.78, 5) is 11.4. The fourth-order valence-corrected chi connectivity index (χ4v) is 1.58. The van der Waals surface area contributed by atoms with E-state index >= 15 is 0 Å². The predicted octanol–water partition coefficient (Wildman–Crippen LogP) is 0.768. The summed E-state index contributed by atoms with van der Waals surface area (Å²) in [6.45, 7) is 5.15. The number of Topliss-reactive ketones (excluding diaryl/α,β-unsaturated/α-hetero) is 1. The third kappa shape index (κ3) is 6.46. The summed E-state index contributed by atoms with van der Waals surface area (Å²) in [6, 6.07) is 0. The summed E-state index contributed by atoms with van der Waals surface area (Å²) in [5.74, 6) is -0.214. The maximum atomic E-state index is 11.4. The normalized spacial score (nSPS) is 14.1. The SMILES string of the molecule is C=C(O)C(N)(CCCCB(O)O)CC(=O)CC. The Balaban J connectivity index is 4.22. The second-order valence-corrected chi connectivity index (χ2v) is 4.40. The van der Waals surface area contributed by atoms with Crippen LogP contribution in [0.3, 0.4) is 0 Å². The number of rotatable bonds is 9. The highest BCUT2D eigenvalue weighted by Gasteiger charge is 2.30. The molecule has 1 unspecified atom stereocenters. The smallest absolute Gasteiger partial charge is 0.451 e. The van der Waals surface area contributed by atoms with Crippen LogP contribution >= 0.6 is 0 Å². The summed E-state index contributed by atoms with van der Waals surface area (Å²) in [5, 5.41) is 26.8. The molecule has 6 heteroatoms. The van der Waals surface area contributed by atoms with Crippen molar-refractivity contribution < 1.29 is 19.9 Å². The van der Waals surface area contributed by atoms with Gasteiger partial charge < -0.3 is 20.9 Å². The van der Waals surface area contributed by atoms with E-state index < -0.39 is 12.7 Å². The molecule has 0 radical (unpaired) electrons. The van der Waals surface area contributed by atoms with E-state index in [1.165, 1.54) is 0 Å². The van der Waals surface area contributed by atoms with E-state index in [4.69, 9.17) is 15.8 Å². The summed E-state index contributed by atoms with van der Waals surface area (Å²) in [7, 11) is -1.32. The highest BCUT2D eigenvalue weighted by Crippen LogP contribution is 2.23. The van der Waals surface area contributed by atoms with Crippen molar-refractivity contribution in [3.8, 4) is 0 Å². The third-order valence-corrected chi connectivity index (χ3v) is 2.82. The molecule has 0 saturated heterocycles. The van der Waals surface area contributed by atoms with Gasteiger partial charge in [-0.1, -0.05) is 26.3 Å². The minimum Gasteiger partial charge on any atom is -0.511 e. The van der Waals surface area contributed by atoms with Gasteiger partial charge in [0, 0.05) is 12.8 Å². The second kappa shape index (κ2) is 7.47. The van der Waals surface area contributed by atoms with Crippen molar-refractivity contribution in [3.05, 3.63) is 12.3 Å². The van der Waals surface area contributed by atoms with Crippen LogP contribution < -0.4 is 5.73 Å². The Bertz CT molecular complexity index is 270. The van der Waals surface area contributed by atoms with Gasteiger partial charge >= 0.3 is 7.12 Å². The highest BCUT2D eigenvalue weighted by molar-refractivity contribution is 6.40. The number of nitrogens with two attached hydrogens (primary N) is 1. The standard InChI is InChI=1S/C11H22BNO4/c1-3-10(15)8-11(13,9(2)14)6-4-5-7-12(16)17/h14,16-17H,2-8,13H2,1H3. The molecule has 0 aliphatic carbocycles. The lowest BCUT2D eigenvalue weighted by Gasteiger charge is -2.27. The van der Waals surface area contributed by atoms with E-state index in [1.54, 1.807) is 6.92 Å². The first-order valence-electron chi connectivity index (χ1n) is 5.87. The number of ketones is 1. The first kappa shape index (κ1) is 16.2. The molecule has 0 saturated carbocycles. The molecule has 98 valence electrons. The van der Waals surface area contributed by atoms with E-state index in [0.717, 1.165) is 0 Å². The van der Waals surface area contributed by atoms with Crippen molar-refractivity contribution in [3.63, 3.8) is 0 Å². The number of carbonyl (C=O) groups excluding carboxylic acids is 1. The van der Waals surface area contributed by atoms with Gasteiger partial charge in [0.1, 0.15) is 11.5 Å². The molecule has 17 heavy (non-hydrogen) atoms. The van der Waals surface area contributed by atoms with Crippen LogP contribution in [0.5, 0.6) is 0 Å². The Morgan fingerprint density at radius 3 is 2.41 bits per heavy atom. The zero-order chi connectivity index (χ0) is 13.5. The maximum Gasteiger partial charge on any atom is 0.451 e. The molecule has 0 spiro atoms. The Labute approximate surface area is 102 Å². The van der Waals surface area contributed by atoms with Crippen molar-refractivity contribution in [1.82, 2.24) is 0 Å². The maximum absolute atomic E-state index is 11.4. The lowest BCUT2D eigenvalue weighted by molar-refractivity contribution is -0.120. The van der Waals surface area contributed by atoms with Crippen LogP contribution in [-0.4, -0.2) is 33.6 Å². The number of hydrogen-bond donors (Lipinski definition) is 4. The number of hydrogen-bond acceptors (Lipinski definition) is 5. The van der Waals surface area contributed by atoms with Gasteiger partial charge in [-0.2, -0.15) is 0 Å².